The number of aromatic nitrogens is 3. The van der Waals surface area contributed by atoms with Crippen molar-refractivity contribution in [3.8, 4) is 0 Å². The maximum atomic E-state index is 13.5. The van der Waals surface area contributed by atoms with Gasteiger partial charge < -0.3 is 14.6 Å². The van der Waals surface area contributed by atoms with Gasteiger partial charge in [-0.1, -0.05) is 12.1 Å². The van der Waals surface area contributed by atoms with E-state index in [2.05, 4.69) is 9.97 Å². The van der Waals surface area contributed by atoms with E-state index >= 15 is 0 Å². The van der Waals surface area contributed by atoms with Crippen LogP contribution in [0.5, 0.6) is 0 Å². The Bertz CT molecular complexity index is 1150. The number of carbonyl (C=O) groups is 2. The maximum Gasteiger partial charge on any atom is 0.290 e. The molecule has 7 nitrogen and oxygen atoms in total. The van der Waals surface area contributed by atoms with Crippen molar-refractivity contribution >= 4 is 23.0 Å². The number of thiazole rings is 1. The third kappa shape index (κ3) is 4.00. The number of rotatable bonds is 7. The van der Waals surface area contributed by atoms with Crippen molar-refractivity contribution < 1.29 is 19.1 Å². The van der Waals surface area contributed by atoms with Crippen LogP contribution in [0.1, 0.15) is 38.4 Å². The van der Waals surface area contributed by atoms with Crippen LogP contribution in [0.4, 0.5) is 4.39 Å². The fourth-order valence-corrected chi connectivity index (χ4v) is 4.69. The van der Waals surface area contributed by atoms with E-state index in [1.165, 1.54) is 40.5 Å². The van der Waals surface area contributed by atoms with E-state index in [1.807, 2.05) is 10.8 Å². The predicted molar refractivity (Wildman–Crippen MR) is 113 cm³/mol. The van der Waals surface area contributed by atoms with Crippen molar-refractivity contribution in [2.45, 2.75) is 32.9 Å². The number of amides is 1. The molecule has 2 aromatic heterocycles. The van der Waals surface area contributed by atoms with Crippen LogP contribution in [0, 0.1) is 19.7 Å². The van der Waals surface area contributed by atoms with E-state index in [1.54, 1.807) is 26.4 Å². The zero-order valence-electron chi connectivity index (χ0n) is 17.1. The molecule has 0 saturated carbocycles. The molecule has 0 bridgehead atoms. The van der Waals surface area contributed by atoms with Gasteiger partial charge in [-0.2, -0.15) is 0 Å². The zero-order valence-corrected chi connectivity index (χ0v) is 17.9. The van der Waals surface area contributed by atoms with Crippen LogP contribution in [0.3, 0.4) is 0 Å². The van der Waals surface area contributed by atoms with Crippen LogP contribution in [0.25, 0.3) is 0 Å². The Morgan fingerprint density at radius 3 is 2.58 bits per heavy atom. The van der Waals surface area contributed by atoms with Crippen LogP contribution in [0.2, 0.25) is 0 Å². The molecule has 1 aliphatic heterocycles. The van der Waals surface area contributed by atoms with Gasteiger partial charge in [-0.05, 0) is 38.0 Å². The summed E-state index contributed by atoms with van der Waals surface area (Å²) in [7, 11) is 0. The van der Waals surface area contributed by atoms with Crippen LogP contribution >= 0.6 is 11.3 Å². The van der Waals surface area contributed by atoms with Crippen molar-refractivity contribution in [1.82, 2.24) is 19.4 Å². The van der Waals surface area contributed by atoms with E-state index in [9.17, 15) is 19.1 Å². The number of aliphatic hydroxyl groups is 1. The molecular weight excluding hydrogens is 419 g/mol. The number of aryl methyl sites for hydroxylation is 3. The molecule has 160 valence electrons. The second-order valence-corrected chi connectivity index (χ2v) is 8.55. The highest BCUT2D eigenvalue weighted by Crippen LogP contribution is 2.40. The van der Waals surface area contributed by atoms with Gasteiger partial charge in [0.2, 0.25) is 5.78 Å². The van der Waals surface area contributed by atoms with Crippen molar-refractivity contribution in [3.05, 3.63) is 81.3 Å². The minimum absolute atomic E-state index is 0.00555. The van der Waals surface area contributed by atoms with Crippen LogP contribution in [-0.2, 0) is 11.3 Å². The first-order valence-electron chi connectivity index (χ1n) is 9.81. The summed E-state index contributed by atoms with van der Waals surface area (Å²) in [6.45, 7) is 4.45. The van der Waals surface area contributed by atoms with Gasteiger partial charge >= 0.3 is 0 Å². The predicted octanol–water partition coefficient (Wildman–Crippen LogP) is 3.76. The lowest BCUT2D eigenvalue weighted by Crippen LogP contribution is -2.32. The summed E-state index contributed by atoms with van der Waals surface area (Å²) >= 11 is 1.22. The van der Waals surface area contributed by atoms with Gasteiger partial charge in [-0.3, -0.25) is 9.59 Å². The van der Waals surface area contributed by atoms with E-state index in [0.29, 0.717) is 35.6 Å². The van der Waals surface area contributed by atoms with E-state index in [4.69, 9.17) is 0 Å². The largest absolute Gasteiger partial charge is 0.503 e. The summed E-state index contributed by atoms with van der Waals surface area (Å²) in [5, 5.41) is 11.4. The highest BCUT2D eigenvalue weighted by Gasteiger charge is 2.44. The molecule has 1 N–H and O–H groups in total. The maximum absolute atomic E-state index is 13.5. The summed E-state index contributed by atoms with van der Waals surface area (Å²) in [4.78, 5) is 36.5. The number of imidazole rings is 1. The van der Waals surface area contributed by atoms with Crippen molar-refractivity contribution in [2.24, 2.45) is 0 Å². The normalized spacial score (nSPS) is 16.4. The minimum atomic E-state index is -0.801. The molecule has 3 aromatic rings. The summed E-state index contributed by atoms with van der Waals surface area (Å²) in [6, 6.07) is 4.83. The second-order valence-electron chi connectivity index (χ2n) is 7.35. The highest BCUT2D eigenvalue weighted by molar-refractivity contribution is 7.14. The first-order valence-corrected chi connectivity index (χ1v) is 10.6. The Morgan fingerprint density at radius 1 is 1.23 bits per heavy atom. The van der Waals surface area contributed by atoms with Crippen molar-refractivity contribution in [2.75, 3.05) is 6.54 Å². The molecule has 0 unspecified atom stereocenters. The molecule has 1 atom stereocenters. The van der Waals surface area contributed by atoms with Gasteiger partial charge in [0.15, 0.2) is 5.76 Å². The molecule has 31 heavy (non-hydrogen) atoms. The number of Topliss-reactive ketones (excluding diaryl/α,β-unsaturated/α-hetero) is 1. The number of carbonyl (C=O) groups excluding carboxylic acids is 2. The van der Waals surface area contributed by atoms with Crippen molar-refractivity contribution in [3.63, 3.8) is 0 Å². The first kappa shape index (κ1) is 20.9. The topological polar surface area (TPSA) is 88.3 Å². The zero-order chi connectivity index (χ0) is 22.1. The van der Waals surface area contributed by atoms with Gasteiger partial charge in [0.25, 0.3) is 5.91 Å². The average molecular weight is 440 g/mol. The summed E-state index contributed by atoms with van der Waals surface area (Å²) in [5.74, 6) is -2.02. The lowest BCUT2D eigenvalue weighted by molar-refractivity contribution is -0.129. The number of aliphatic hydroxyl groups excluding tert-OH is 1. The second kappa shape index (κ2) is 8.43. The van der Waals surface area contributed by atoms with E-state index < -0.39 is 29.3 Å². The van der Waals surface area contributed by atoms with Crippen LogP contribution in [0.15, 0.2) is 54.3 Å². The summed E-state index contributed by atoms with van der Waals surface area (Å²) in [6.07, 6.45) is 5.77. The summed E-state index contributed by atoms with van der Waals surface area (Å²) in [5.41, 5.74) is 1.12. The Kier molecular flexibility index (Phi) is 5.69. The Hall–Kier alpha value is -3.33. The Labute approximate surface area is 182 Å². The lowest BCUT2D eigenvalue weighted by atomic mass is 9.95. The molecule has 9 heteroatoms. The molecule has 1 amide bonds. The SMILES string of the molecule is Cc1nc(C)c(C(=O)C2=C(O)C(=O)N(CCCn3ccnc3)[C@@H]2c2ccc(F)cc2)s1. The molecule has 3 heterocycles. The fraction of sp³-hybridized carbons (Fsp3) is 0.273. The smallest absolute Gasteiger partial charge is 0.290 e. The van der Waals surface area contributed by atoms with Crippen LogP contribution in [-0.4, -0.2) is 42.8 Å². The molecule has 0 spiro atoms. The minimum Gasteiger partial charge on any atom is -0.503 e. The van der Waals surface area contributed by atoms with Gasteiger partial charge in [0.05, 0.1) is 33.5 Å². The monoisotopic (exact) mass is 440 g/mol. The third-order valence-corrected chi connectivity index (χ3v) is 6.29. The molecule has 4 rings (SSSR count). The number of hydrogen-bond acceptors (Lipinski definition) is 6. The number of benzene rings is 1. The van der Waals surface area contributed by atoms with Crippen LogP contribution < -0.4 is 0 Å². The number of ketones is 1. The number of hydrogen-bond donors (Lipinski definition) is 1. The van der Waals surface area contributed by atoms with E-state index in [0.717, 1.165) is 5.01 Å². The quantitative estimate of drug-likeness (QED) is 0.565. The van der Waals surface area contributed by atoms with Gasteiger partial charge in [0, 0.05) is 25.5 Å². The molecule has 1 aliphatic rings. The summed E-state index contributed by atoms with van der Waals surface area (Å²) < 4.78 is 15.4. The van der Waals surface area contributed by atoms with Gasteiger partial charge in [-0.15, -0.1) is 11.3 Å². The first-order chi connectivity index (χ1) is 14.9. The lowest BCUT2D eigenvalue weighted by Gasteiger charge is -2.27. The average Bonchev–Trinajstić information content (AvgIpc) is 3.43. The molecule has 0 saturated heterocycles. The van der Waals surface area contributed by atoms with Crippen molar-refractivity contribution in [1.29, 1.82) is 0 Å². The molecule has 0 radical (unpaired) electrons. The van der Waals surface area contributed by atoms with Gasteiger partial charge in [0.1, 0.15) is 5.82 Å². The highest BCUT2D eigenvalue weighted by atomic mass is 32.1. The van der Waals surface area contributed by atoms with Gasteiger partial charge in [-0.25, -0.2) is 14.4 Å². The standard InChI is InChI=1S/C22H21FN4O3S/c1-13-21(31-14(2)25-13)19(28)17-18(15-4-6-16(23)7-5-15)27(22(30)20(17)29)10-3-9-26-11-8-24-12-26/h4-8,11-12,18,29H,3,9-10H2,1-2H3/t18-/m1/s1. The number of nitrogens with zero attached hydrogens (tertiary/aromatic N) is 4. The third-order valence-electron chi connectivity index (χ3n) is 5.22. The Balaban J connectivity index is 1.69. The fourth-order valence-electron chi connectivity index (χ4n) is 3.81. The van der Waals surface area contributed by atoms with E-state index in [-0.39, 0.29) is 5.57 Å². The Morgan fingerprint density at radius 2 is 1.97 bits per heavy atom. The molecule has 0 aliphatic carbocycles. The number of halogens is 1. The molecular formula is C22H21FN4O3S. The molecule has 1 aromatic carbocycles. The molecule has 0 fully saturated rings.